The molecule has 0 atom stereocenters. The van der Waals surface area contributed by atoms with Crippen LogP contribution in [-0.2, 0) is 11.3 Å². The van der Waals surface area contributed by atoms with Gasteiger partial charge in [0.25, 0.3) is 0 Å². The molecule has 1 aliphatic rings. The molecule has 1 saturated heterocycles. The van der Waals surface area contributed by atoms with Gasteiger partial charge in [0.05, 0.1) is 26.2 Å². The summed E-state index contributed by atoms with van der Waals surface area (Å²) >= 11 is 0. The van der Waals surface area contributed by atoms with E-state index in [1.54, 1.807) is 11.0 Å². The van der Waals surface area contributed by atoms with Crippen molar-refractivity contribution in [2.75, 3.05) is 26.2 Å². The average molecular weight is 321 g/mol. The zero-order chi connectivity index (χ0) is 16.8. The summed E-state index contributed by atoms with van der Waals surface area (Å²) in [4.78, 5) is 15.9. The molecule has 0 radical (unpaired) electrons. The first-order valence-electron chi connectivity index (χ1n) is 8.62. The van der Waals surface area contributed by atoms with E-state index in [1.807, 2.05) is 29.2 Å². The first kappa shape index (κ1) is 16.5. The Balaban J connectivity index is 1.51. The van der Waals surface area contributed by atoms with Crippen LogP contribution >= 0.6 is 0 Å². The molecule has 3 heteroatoms. The second-order valence-electron chi connectivity index (χ2n) is 6.43. The molecule has 0 bridgehead atoms. The van der Waals surface area contributed by atoms with E-state index in [0.29, 0.717) is 0 Å². The fourth-order valence-electron chi connectivity index (χ4n) is 3.14. The van der Waals surface area contributed by atoms with Crippen LogP contribution in [0, 0.1) is 6.92 Å². The molecule has 1 heterocycles. The number of nitrogens with zero attached hydrogens (tertiary/aromatic N) is 1. The second-order valence-corrected chi connectivity index (χ2v) is 6.43. The Morgan fingerprint density at radius 3 is 2.42 bits per heavy atom. The van der Waals surface area contributed by atoms with Crippen molar-refractivity contribution in [2.45, 2.75) is 13.5 Å². The van der Waals surface area contributed by atoms with E-state index in [0.717, 1.165) is 38.3 Å². The molecule has 2 aromatic carbocycles. The molecule has 1 fully saturated rings. The Hall–Kier alpha value is -2.39. The number of aryl methyl sites for hydroxylation is 1. The number of quaternary nitrogens is 1. The van der Waals surface area contributed by atoms with E-state index >= 15 is 0 Å². The third kappa shape index (κ3) is 4.33. The lowest BCUT2D eigenvalue weighted by molar-refractivity contribution is -0.917. The summed E-state index contributed by atoms with van der Waals surface area (Å²) in [5.41, 5.74) is 3.67. The quantitative estimate of drug-likeness (QED) is 0.855. The minimum Gasteiger partial charge on any atom is -0.328 e. The monoisotopic (exact) mass is 321 g/mol. The lowest BCUT2D eigenvalue weighted by atomic mass is 10.1. The van der Waals surface area contributed by atoms with Crippen LogP contribution in [0.25, 0.3) is 6.08 Å². The van der Waals surface area contributed by atoms with Gasteiger partial charge in [-0.3, -0.25) is 4.79 Å². The van der Waals surface area contributed by atoms with Crippen molar-refractivity contribution in [3.05, 3.63) is 77.4 Å². The normalized spacial score (nSPS) is 15.8. The highest BCUT2D eigenvalue weighted by molar-refractivity contribution is 5.92. The lowest BCUT2D eigenvalue weighted by Gasteiger charge is -2.31. The van der Waals surface area contributed by atoms with E-state index in [2.05, 4.69) is 43.3 Å². The predicted octanol–water partition coefficient (Wildman–Crippen LogP) is 1.94. The minimum atomic E-state index is 0.122. The molecule has 3 nitrogen and oxygen atoms in total. The summed E-state index contributed by atoms with van der Waals surface area (Å²) in [5.74, 6) is 0.122. The van der Waals surface area contributed by atoms with Gasteiger partial charge in [-0.1, -0.05) is 54.6 Å². The smallest absolute Gasteiger partial charge is 0.246 e. The topological polar surface area (TPSA) is 24.8 Å². The van der Waals surface area contributed by atoms with E-state index < -0.39 is 0 Å². The molecular weight excluding hydrogens is 296 g/mol. The van der Waals surface area contributed by atoms with Gasteiger partial charge >= 0.3 is 0 Å². The van der Waals surface area contributed by atoms with Crippen LogP contribution in [0.4, 0.5) is 0 Å². The predicted molar refractivity (Wildman–Crippen MR) is 97.6 cm³/mol. The van der Waals surface area contributed by atoms with Gasteiger partial charge < -0.3 is 9.80 Å². The van der Waals surface area contributed by atoms with Gasteiger partial charge in [0.2, 0.25) is 5.91 Å². The van der Waals surface area contributed by atoms with Crippen LogP contribution in [0.3, 0.4) is 0 Å². The number of hydrogen-bond donors (Lipinski definition) is 1. The Labute approximate surface area is 144 Å². The SMILES string of the molecule is Cc1ccccc1/C=C/C(=O)N1CC[NH+](Cc2ccccc2)CC1. The number of piperazine rings is 1. The number of rotatable bonds is 4. The largest absolute Gasteiger partial charge is 0.328 e. The molecular formula is C21H25N2O+. The standard InChI is InChI=1S/C21H24N2O/c1-18-7-5-6-10-20(18)11-12-21(24)23-15-13-22(14-16-23)17-19-8-3-2-4-9-19/h2-12H,13-17H2,1H3/p+1/b12-11+. The molecule has 1 amide bonds. The zero-order valence-corrected chi connectivity index (χ0v) is 14.2. The van der Waals surface area contributed by atoms with Crippen molar-refractivity contribution < 1.29 is 9.69 Å². The summed E-state index contributed by atoms with van der Waals surface area (Å²) in [7, 11) is 0. The Morgan fingerprint density at radius 1 is 1.04 bits per heavy atom. The van der Waals surface area contributed by atoms with Gasteiger partial charge in [-0.2, -0.15) is 0 Å². The van der Waals surface area contributed by atoms with E-state index in [-0.39, 0.29) is 5.91 Å². The van der Waals surface area contributed by atoms with Gasteiger partial charge in [0.15, 0.2) is 0 Å². The highest BCUT2D eigenvalue weighted by atomic mass is 16.2. The molecule has 3 rings (SSSR count). The Kier molecular flexibility index (Phi) is 5.44. The molecule has 0 aliphatic carbocycles. The first-order chi connectivity index (χ1) is 11.7. The van der Waals surface area contributed by atoms with Crippen molar-refractivity contribution in [2.24, 2.45) is 0 Å². The highest BCUT2D eigenvalue weighted by Crippen LogP contribution is 2.09. The van der Waals surface area contributed by atoms with E-state index in [9.17, 15) is 4.79 Å². The van der Waals surface area contributed by atoms with Crippen molar-refractivity contribution in [1.82, 2.24) is 4.90 Å². The van der Waals surface area contributed by atoms with Gasteiger partial charge in [0.1, 0.15) is 6.54 Å². The van der Waals surface area contributed by atoms with Crippen LogP contribution in [0.5, 0.6) is 0 Å². The Bertz CT molecular complexity index is 701. The van der Waals surface area contributed by atoms with Gasteiger partial charge in [-0.15, -0.1) is 0 Å². The maximum atomic E-state index is 12.4. The summed E-state index contributed by atoms with van der Waals surface area (Å²) in [5, 5.41) is 0. The third-order valence-electron chi connectivity index (χ3n) is 4.67. The van der Waals surface area contributed by atoms with Gasteiger partial charge in [0, 0.05) is 11.6 Å². The molecule has 124 valence electrons. The molecule has 0 aromatic heterocycles. The number of carbonyl (C=O) groups excluding carboxylic acids is 1. The summed E-state index contributed by atoms with van der Waals surface area (Å²) in [6, 6.07) is 18.7. The average Bonchev–Trinajstić information content (AvgIpc) is 2.62. The van der Waals surface area contributed by atoms with Crippen LogP contribution in [-0.4, -0.2) is 37.0 Å². The minimum absolute atomic E-state index is 0.122. The maximum absolute atomic E-state index is 12.4. The summed E-state index contributed by atoms with van der Waals surface area (Å²) < 4.78 is 0. The molecule has 0 spiro atoms. The molecule has 2 aromatic rings. The van der Waals surface area contributed by atoms with Crippen LogP contribution < -0.4 is 4.90 Å². The summed E-state index contributed by atoms with van der Waals surface area (Å²) in [6.07, 6.45) is 3.64. The fraction of sp³-hybridized carbons (Fsp3) is 0.286. The fourth-order valence-corrected chi connectivity index (χ4v) is 3.14. The van der Waals surface area contributed by atoms with Gasteiger partial charge in [-0.25, -0.2) is 0 Å². The second kappa shape index (κ2) is 7.93. The molecule has 1 aliphatic heterocycles. The van der Waals surface area contributed by atoms with Crippen LogP contribution in [0.15, 0.2) is 60.7 Å². The van der Waals surface area contributed by atoms with Crippen molar-refractivity contribution >= 4 is 12.0 Å². The molecule has 24 heavy (non-hydrogen) atoms. The summed E-state index contributed by atoms with van der Waals surface area (Å²) in [6.45, 7) is 6.80. The van der Waals surface area contributed by atoms with Crippen molar-refractivity contribution in [3.63, 3.8) is 0 Å². The maximum Gasteiger partial charge on any atom is 0.246 e. The molecule has 0 unspecified atom stereocenters. The number of carbonyl (C=O) groups is 1. The molecule has 0 saturated carbocycles. The lowest BCUT2D eigenvalue weighted by Crippen LogP contribution is -3.13. The molecule has 1 N–H and O–H groups in total. The van der Waals surface area contributed by atoms with Crippen LogP contribution in [0.2, 0.25) is 0 Å². The zero-order valence-electron chi connectivity index (χ0n) is 14.2. The number of benzene rings is 2. The first-order valence-corrected chi connectivity index (χ1v) is 8.62. The highest BCUT2D eigenvalue weighted by Gasteiger charge is 2.22. The third-order valence-corrected chi connectivity index (χ3v) is 4.67. The van der Waals surface area contributed by atoms with E-state index in [4.69, 9.17) is 0 Å². The van der Waals surface area contributed by atoms with Crippen molar-refractivity contribution in [1.29, 1.82) is 0 Å². The van der Waals surface area contributed by atoms with Gasteiger partial charge in [-0.05, 0) is 24.1 Å². The number of nitrogens with one attached hydrogen (secondary N) is 1. The van der Waals surface area contributed by atoms with Crippen LogP contribution in [0.1, 0.15) is 16.7 Å². The van der Waals surface area contributed by atoms with E-state index in [1.165, 1.54) is 11.1 Å². The number of amides is 1. The number of hydrogen-bond acceptors (Lipinski definition) is 1. The van der Waals surface area contributed by atoms with Crippen molar-refractivity contribution in [3.8, 4) is 0 Å². The Morgan fingerprint density at radius 2 is 1.71 bits per heavy atom.